The zero-order valence-electron chi connectivity index (χ0n) is 13.5. The molecule has 0 radical (unpaired) electrons. The molecule has 118 valence electrons. The van der Waals surface area contributed by atoms with Crippen molar-refractivity contribution in [3.05, 3.63) is 0 Å². The van der Waals surface area contributed by atoms with Gasteiger partial charge in [0, 0.05) is 49.2 Å². The van der Waals surface area contributed by atoms with Crippen molar-refractivity contribution in [3.63, 3.8) is 0 Å². The summed E-state index contributed by atoms with van der Waals surface area (Å²) in [7, 11) is 0. The first-order chi connectivity index (χ1) is 9.60. The van der Waals surface area contributed by atoms with Gasteiger partial charge in [0.15, 0.2) is 0 Å². The minimum absolute atomic E-state index is 0.342. The average Bonchev–Trinajstić information content (AvgIpc) is 2.39. The molecule has 2 unspecified atom stereocenters. The minimum atomic E-state index is 0.342. The molecule has 0 bridgehead atoms. The quantitative estimate of drug-likeness (QED) is 0.814. The molecule has 2 saturated heterocycles. The molecule has 20 heavy (non-hydrogen) atoms. The Morgan fingerprint density at radius 2 is 2.30 bits per heavy atom. The van der Waals surface area contributed by atoms with Crippen molar-refractivity contribution in [1.82, 2.24) is 10.2 Å². The molecule has 0 saturated carbocycles. The van der Waals surface area contributed by atoms with Crippen LogP contribution in [0, 0.1) is 11.3 Å². The van der Waals surface area contributed by atoms with Gasteiger partial charge in [0.2, 0.25) is 0 Å². The van der Waals surface area contributed by atoms with E-state index in [-0.39, 0.29) is 0 Å². The largest absolute Gasteiger partial charge is 0.381 e. The fourth-order valence-corrected chi connectivity index (χ4v) is 4.45. The molecule has 0 aromatic carbocycles. The summed E-state index contributed by atoms with van der Waals surface area (Å²) < 4.78 is 5.84. The fourth-order valence-electron chi connectivity index (χ4n) is 3.36. The zero-order valence-corrected chi connectivity index (χ0v) is 14.3. The summed E-state index contributed by atoms with van der Waals surface area (Å²) in [4.78, 5) is 2.67. The van der Waals surface area contributed by atoms with E-state index in [4.69, 9.17) is 4.74 Å². The number of nitrogens with one attached hydrogen (secondary N) is 1. The third-order valence-electron chi connectivity index (χ3n) is 4.34. The Balaban J connectivity index is 1.88. The van der Waals surface area contributed by atoms with E-state index in [2.05, 4.69) is 42.7 Å². The van der Waals surface area contributed by atoms with Crippen LogP contribution in [0.5, 0.6) is 0 Å². The molecule has 2 rings (SSSR count). The van der Waals surface area contributed by atoms with E-state index >= 15 is 0 Å². The van der Waals surface area contributed by atoms with Crippen LogP contribution < -0.4 is 5.32 Å². The van der Waals surface area contributed by atoms with Gasteiger partial charge in [0.25, 0.3) is 0 Å². The van der Waals surface area contributed by atoms with Crippen molar-refractivity contribution in [2.24, 2.45) is 11.3 Å². The predicted molar refractivity (Wildman–Crippen MR) is 88.6 cm³/mol. The average molecular weight is 301 g/mol. The first-order valence-electron chi connectivity index (χ1n) is 8.22. The van der Waals surface area contributed by atoms with E-state index in [1.54, 1.807) is 0 Å². The highest BCUT2D eigenvalue weighted by atomic mass is 32.2. The van der Waals surface area contributed by atoms with Crippen LogP contribution in [-0.2, 0) is 4.74 Å². The van der Waals surface area contributed by atoms with E-state index in [1.165, 1.54) is 38.2 Å². The second-order valence-electron chi connectivity index (χ2n) is 7.10. The lowest BCUT2D eigenvalue weighted by Gasteiger charge is -2.43. The minimum Gasteiger partial charge on any atom is -0.381 e. The van der Waals surface area contributed by atoms with Crippen LogP contribution in [0.4, 0.5) is 0 Å². The molecule has 1 N–H and O–H groups in total. The predicted octanol–water partition coefficient (Wildman–Crippen LogP) is 2.47. The number of ether oxygens (including phenoxy) is 1. The Kier molecular flexibility index (Phi) is 6.66. The molecule has 0 aromatic heterocycles. The van der Waals surface area contributed by atoms with Gasteiger partial charge in [0.1, 0.15) is 0 Å². The molecule has 4 heteroatoms. The van der Waals surface area contributed by atoms with Gasteiger partial charge in [-0.05, 0) is 25.3 Å². The fraction of sp³-hybridized carbons (Fsp3) is 1.00. The second kappa shape index (κ2) is 8.02. The molecular formula is C16H32N2OS. The number of hydrogen-bond acceptors (Lipinski definition) is 4. The Hall–Kier alpha value is 0.230. The lowest BCUT2D eigenvalue weighted by atomic mass is 9.81. The van der Waals surface area contributed by atoms with Gasteiger partial charge in [-0.25, -0.2) is 0 Å². The Bertz CT molecular complexity index is 280. The smallest absolute Gasteiger partial charge is 0.0546 e. The lowest BCUT2D eigenvalue weighted by Crippen LogP contribution is -2.51. The van der Waals surface area contributed by atoms with E-state index in [0.717, 1.165) is 37.5 Å². The zero-order chi connectivity index (χ0) is 14.4. The van der Waals surface area contributed by atoms with Gasteiger partial charge in [-0.1, -0.05) is 20.8 Å². The molecule has 3 nitrogen and oxygen atoms in total. The monoisotopic (exact) mass is 300 g/mol. The highest BCUT2D eigenvalue weighted by Gasteiger charge is 2.35. The normalized spacial score (nSPS) is 32.7. The Morgan fingerprint density at radius 1 is 1.45 bits per heavy atom. The number of hydrogen-bond donors (Lipinski definition) is 1. The molecule has 2 atom stereocenters. The van der Waals surface area contributed by atoms with Crippen LogP contribution in [0.1, 0.15) is 33.6 Å². The maximum atomic E-state index is 5.84. The van der Waals surface area contributed by atoms with Crippen molar-refractivity contribution in [3.8, 4) is 0 Å². The van der Waals surface area contributed by atoms with E-state index in [1.807, 2.05) is 0 Å². The van der Waals surface area contributed by atoms with Crippen molar-refractivity contribution in [1.29, 1.82) is 0 Å². The van der Waals surface area contributed by atoms with Gasteiger partial charge < -0.3 is 15.0 Å². The number of nitrogens with zero attached hydrogens (tertiary/aromatic N) is 1. The highest BCUT2D eigenvalue weighted by Crippen LogP contribution is 2.31. The van der Waals surface area contributed by atoms with Gasteiger partial charge in [0.05, 0.1) is 6.61 Å². The summed E-state index contributed by atoms with van der Waals surface area (Å²) in [6.45, 7) is 14.8. The van der Waals surface area contributed by atoms with E-state index < -0.39 is 0 Å². The van der Waals surface area contributed by atoms with Crippen LogP contribution in [0.2, 0.25) is 0 Å². The second-order valence-corrected chi connectivity index (χ2v) is 8.64. The Labute approximate surface area is 129 Å². The third-order valence-corrected chi connectivity index (χ3v) is 5.48. The van der Waals surface area contributed by atoms with Crippen LogP contribution in [-0.4, -0.2) is 61.8 Å². The topological polar surface area (TPSA) is 24.5 Å². The SMILES string of the molecule is CC(C)CNCC1(CN2CCSC(C)C2)CCCOC1. The van der Waals surface area contributed by atoms with Crippen molar-refractivity contribution in [2.75, 3.05) is 51.7 Å². The first-order valence-corrected chi connectivity index (χ1v) is 9.27. The maximum Gasteiger partial charge on any atom is 0.0546 e. The summed E-state index contributed by atoms with van der Waals surface area (Å²) in [5, 5.41) is 4.47. The van der Waals surface area contributed by atoms with E-state index in [0.29, 0.717) is 5.41 Å². The summed E-state index contributed by atoms with van der Waals surface area (Å²) in [6, 6.07) is 0. The molecular weight excluding hydrogens is 268 g/mol. The van der Waals surface area contributed by atoms with E-state index in [9.17, 15) is 0 Å². The lowest BCUT2D eigenvalue weighted by molar-refractivity contribution is -0.0258. The molecule has 2 aliphatic heterocycles. The molecule has 2 heterocycles. The van der Waals surface area contributed by atoms with Crippen LogP contribution in [0.25, 0.3) is 0 Å². The highest BCUT2D eigenvalue weighted by molar-refractivity contribution is 7.99. The van der Waals surface area contributed by atoms with Gasteiger partial charge in [-0.2, -0.15) is 11.8 Å². The molecule has 0 amide bonds. The van der Waals surface area contributed by atoms with Gasteiger partial charge in [-0.3, -0.25) is 0 Å². The summed E-state index contributed by atoms with van der Waals surface area (Å²) >= 11 is 2.12. The third kappa shape index (κ3) is 5.21. The molecule has 2 fully saturated rings. The van der Waals surface area contributed by atoms with Crippen molar-refractivity contribution >= 4 is 11.8 Å². The number of rotatable bonds is 6. The maximum absolute atomic E-state index is 5.84. The first kappa shape index (κ1) is 16.6. The van der Waals surface area contributed by atoms with Crippen molar-refractivity contribution in [2.45, 2.75) is 38.9 Å². The molecule has 0 aromatic rings. The Morgan fingerprint density at radius 3 is 2.95 bits per heavy atom. The van der Waals surface area contributed by atoms with Crippen molar-refractivity contribution < 1.29 is 4.74 Å². The molecule has 2 aliphatic rings. The molecule has 0 aliphatic carbocycles. The van der Waals surface area contributed by atoms with Gasteiger partial charge >= 0.3 is 0 Å². The summed E-state index contributed by atoms with van der Waals surface area (Å²) in [6.07, 6.45) is 2.54. The number of thioether (sulfide) groups is 1. The van der Waals surface area contributed by atoms with Crippen LogP contribution in [0.15, 0.2) is 0 Å². The standard InChI is InChI=1S/C16H32N2OS/c1-14(2)9-17-11-16(5-4-7-19-13-16)12-18-6-8-20-15(3)10-18/h14-15,17H,4-13H2,1-3H3. The van der Waals surface area contributed by atoms with Gasteiger partial charge in [-0.15, -0.1) is 0 Å². The summed E-state index contributed by atoms with van der Waals surface area (Å²) in [5.74, 6) is 2.01. The van der Waals surface area contributed by atoms with Crippen LogP contribution >= 0.6 is 11.8 Å². The molecule has 0 spiro atoms. The van der Waals surface area contributed by atoms with Crippen LogP contribution in [0.3, 0.4) is 0 Å². The summed E-state index contributed by atoms with van der Waals surface area (Å²) in [5.41, 5.74) is 0.342.